The molecule has 42 heavy (non-hydrogen) atoms. The van der Waals surface area contributed by atoms with Gasteiger partial charge in [-0.15, -0.1) is 0 Å². The quantitative estimate of drug-likeness (QED) is 0.175. The first-order chi connectivity index (χ1) is 20.1. The fraction of sp³-hybridized carbons (Fsp3) is 0.267. The van der Waals surface area contributed by atoms with Gasteiger partial charge in [0.25, 0.3) is 5.91 Å². The Morgan fingerprint density at radius 3 is 2.40 bits per heavy atom. The van der Waals surface area contributed by atoms with Crippen molar-refractivity contribution in [2.24, 2.45) is 7.05 Å². The Labute approximate surface area is 240 Å². The second-order valence-corrected chi connectivity index (χ2v) is 9.45. The van der Waals surface area contributed by atoms with Crippen molar-refractivity contribution in [1.29, 1.82) is 0 Å². The lowest BCUT2D eigenvalue weighted by atomic mass is 10.1. The number of aromatic hydroxyl groups is 1. The molecule has 0 aliphatic carbocycles. The summed E-state index contributed by atoms with van der Waals surface area (Å²) >= 11 is 0. The third-order valence-electron chi connectivity index (χ3n) is 6.16. The van der Waals surface area contributed by atoms with Gasteiger partial charge in [0.15, 0.2) is 5.69 Å². The number of aryl methyl sites for hydroxylation is 1. The summed E-state index contributed by atoms with van der Waals surface area (Å²) in [6.45, 7) is 1.20. The summed E-state index contributed by atoms with van der Waals surface area (Å²) in [5.41, 5.74) is 0.619. The Bertz CT molecular complexity index is 1460. The van der Waals surface area contributed by atoms with Crippen LogP contribution in [-0.2, 0) is 19.8 Å². The molecule has 0 fully saturated rings. The second kappa shape index (κ2) is 13.9. The molecule has 0 radical (unpaired) electrons. The van der Waals surface area contributed by atoms with Gasteiger partial charge < -0.3 is 34.9 Å². The molecule has 0 saturated heterocycles. The molecule has 0 aliphatic rings. The molecule has 222 valence electrons. The van der Waals surface area contributed by atoms with Gasteiger partial charge in [0, 0.05) is 44.5 Å². The van der Waals surface area contributed by atoms with Crippen molar-refractivity contribution in [3.63, 3.8) is 0 Å². The Hall–Kier alpha value is -4.55. The molecule has 0 bridgehead atoms. The van der Waals surface area contributed by atoms with Crippen LogP contribution in [0.2, 0.25) is 0 Å². The van der Waals surface area contributed by atoms with Crippen LogP contribution in [0, 0.1) is 0 Å². The summed E-state index contributed by atoms with van der Waals surface area (Å²) in [7, 11) is 1.49. The summed E-state index contributed by atoms with van der Waals surface area (Å²) < 4.78 is 51.2. The van der Waals surface area contributed by atoms with Crippen LogP contribution in [0.15, 0.2) is 79.0 Å². The Balaban J connectivity index is 1.14. The second-order valence-electron chi connectivity index (χ2n) is 9.45. The van der Waals surface area contributed by atoms with E-state index in [-0.39, 0.29) is 36.9 Å². The number of alkyl halides is 3. The average molecular weight is 585 g/mol. The van der Waals surface area contributed by atoms with Crippen molar-refractivity contribution < 1.29 is 37.7 Å². The van der Waals surface area contributed by atoms with E-state index in [0.29, 0.717) is 30.2 Å². The number of amides is 1. The number of nitrogens with one attached hydrogen (secondary N) is 2. The van der Waals surface area contributed by atoms with E-state index in [1.807, 2.05) is 30.3 Å². The molecule has 0 aliphatic heterocycles. The lowest BCUT2D eigenvalue weighted by Crippen LogP contribution is -2.33. The van der Waals surface area contributed by atoms with Gasteiger partial charge in [0.05, 0.1) is 5.56 Å². The summed E-state index contributed by atoms with van der Waals surface area (Å²) in [5.74, 6) is 0.419. The van der Waals surface area contributed by atoms with Crippen LogP contribution in [0.5, 0.6) is 17.2 Å². The lowest BCUT2D eigenvalue weighted by Gasteiger charge is -2.14. The molecule has 0 saturated carbocycles. The maximum atomic E-state index is 12.9. The highest BCUT2D eigenvalue weighted by molar-refractivity contribution is 5.96. The highest BCUT2D eigenvalue weighted by Gasteiger charge is 2.34. The molecule has 4 rings (SSSR count). The van der Waals surface area contributed by atoms with Crippen molar-refractivity contribution in [3.05, 3.63) is 95.8 Å². The van der Waals surface area contributed by atoms with E-state index in [1.165, 1.54) is 23.7 Å². The van der Waals surface area contributed by atoms with Gasteiger partial charge in [0.1, 0.15) is 42.4 Å². The molecule has 4 N–H and O–H groups in total. The van der Waals surface area contributed by atoms with Crippen LogP contribution in [-0.4, -0.2) is 58.1 Å². The number of aliphatic hydroxyl groups is 1. The van der Waals surface area contributed by atoms with E-state index in [9.17, 15) is 28.2 Å². The number of halogens is 3. The first kappa shape index (κ1) is 30.4. The predicted molar refractivity (Wildman–Crippen MR) is 149 cm³/mol. The van der Waals surface area contributed by atoms with Gasteiger partial charge in [0.2, 0.25) is 0 Å². The van der Waals surface area contributed by atoms with E-state index in [4.69, 9.17) is 9.47 Å². The zero-order chi connectivity index (χ0) is 30.1. The highest BCUT2D eigenvalue weighted by atomic mass is 19.4. The maximum absolute atomic E-state index is 12.9. The van der Waals surface area contributed by atoms with Crippen molar-refractivity contribution in [1.82, 2.24) is 20.2 Å². The van der Waals surface area contributed by atoms with E-state index in [0.717, 1.165) is 11.8 Å². The molecule has 1 atom stereocenters. The number of aliphatic hydroxyl groups excluding tert-OH is 1. The standard InChI is InChI=1S/C30H31F3N4O5/c1-37-18-27(30(31,32)33)36-28(37)21-7-9-23(10-8-21)42-19-22(38)17-34-13-14-41-24-11-12-25(26(39)15-24)29(40)35-16-20-5-3-2-4-6-20/h2-12,15,18,22,34,38-39H,13-14,16-17,19H2,1H3,(H,35,40). The van der Waals surface area contributed by atoms with Gasteiger partial charge >= 0.3 is 6.18 Å². The van der Waals surface area contributed by atoms with Crippen molar-refractivity contribution in [3.8, 4) is 28.6 Å². The number of carbonyl (C=O) groups excluding carboxylic acids is 1. The summed E-state index contributed by atoms with van der Waals surface area (Å²) in [4.78, 5) is 16.0. The maximum Gasteiger partial charge on any atom is 0.434 e. The number of hydrogen-bond acceptors (Lipinski definition) is 7. The number of rotatable bonds is 13. The molecular formula is C30H31F3N4O5. The van der Waals surface area contributed by atoms with Gasteiger partial charge in [-0.2, -0.15) is 13.2 Å². The third-order valence-corrected chi connectivity index (χ3v) is 6.16. The minimum Gasteiger partial charge on any atom is -0.507 e. The summed E-state index contributed by atoms with van der Waals surface area (Å²) in [5, 5.41) is 26.2. The van der Waals surface area contributed by atoms with E-state index in [2.05, 4.69) is 15.6 Å². The van der Waals surface area contributed by atoms with Crippen LogP contribution in [0.4, 0.5) is 13.2 Å². The van der Waals surface area contributed by atoms with E-state index in [1.54, 1.807) is 30.3 Å². The van der Waals surface area contributed by atoms with Crippen LogP contribution in [0.1, 0.15) is 21.6 Å². The number of imidazole rings is 1. The van der Waals surface area contributed by atoms with Crippen LogP contribution in [0.25, 0.3) is 11.4 Å². The van der Waals surface area contributed by atoms with Gasteiger partial charge in [-0.25, -0.2) is 4.98 Å². The van der Waals surface area contributed by atoms with Gasteiger partial charge in [-0.3, -0.25) is 4.79 Å². The molecule has 9 nitrogen and oxygen atoms in total. The molecule has 1 heterocycles. The number of nitrogens with zero attached hydrogens (tertiary/aromatic N) is 2. The zero-order valence-electron chi connectivity index (χ0n) is 22.8. The molecule has 1 aromatic heterocycles. The molecule has 4 aromatic rings. The minimum atomic E-state index is -4.52. The number of phenols is 1. The smallest absolute Gasteiger partial charge is 0.434 e. The van der Waals surface area contributed by atoms with E-state index >= 15 is 0 Å². The first-order valence-corrected chi connectivity index (χ1v) is 13.1. The van der Waals surface area contributed by atoms with Gasteiger partial charge in [-0.05, 0) is 42.0 Å². The Morgan fingerprint density at radius 1 is 1.02 bits per heavy atom. The minimum absolute atomic E-state index is 0.00446. The van der Waals surface area contributed by atoms with Crippen LogP contribution in [0.3, 0.4) is 0 Å². The molecule has 0 spiro atoms. The number of benzene rings is 3. The first-order valence-electron chi connectivity index (χ1n) is 13.1. The van der Waals surface area contributed by atoms with E-state index < -0.39 is 23.9 Å². The topological polar surface area (TPSA) is 118 Å². The molecule has 1 unspecified atom stereocenters. The zero-order valence-corrected chi connectivity index (χ0v) is 22.8. The van der Waals surface area contributed by atoms with Crippen LogP contribution < -0.4 is 20.1 Å². The molecule has 3 aromatic carbocycles. The van der Waals surface area contributed by atoms with Crippen molar-refractivity contribution in [2.75, 3.05) is 26.3 Å². The monoisotopic (exact) mass is 584 g/mol. The number of carbonyl (C=O) groups is 1. The fourth-order valence-electron chi connectivity index (χ4n) is 4.00. The number of hydrogen-bond donors (Lipinski definition) is 4. The number of phenolic OH excluding ortho intramolecular Hbond substituents is 1. The Morgan fingerprint density at radius 2 is 1.74 bits per heavy atom. The Kier molecular flexibility index (Phi) is 10.0. The van der Waals surface area contributed by atoms with Crippen LogP contribution >= 0.6 is 0 Å². The lowest BCUT2D eigenvalue weighted by molar-refractivity contribution is -0.140. The normalized spacial score (nSPS) is 12.1. The number of ether oxygens (including phenoxy) is 2. The highest BCUT2D eigenvalue weighted by Crippen LogP contribution is 2.31. The molecule has 1 amide bonds. The summed E-state index contributed by atoms with van der Waals surface area (Å²) in [6.07, 6.45) is -4.42. The van der Waals surface area contributed by atoms with Gasteiger partial charge in [-0.1, -0.05) is 30.3 Å². The fourth-order valence-corrected chi connectivity index (χ4v) is 4.00. The molecule has 12 heteroatoms. The summed E-state index contributed by atoms with van der Waals surface area (Å²) in [6, 6.07) is 20.3. The largest absolute Gasteiger partial charge is 0.507 e. The number of aromatic nitrogens is 2. The average Bonchev–Trinajstić information content (AvgIpc) is 3.38. The third kappa shape index (κ3) is 8.48. The SMILES string of the molecule is Cn1cc(C(F)(F)F)nc1-c1ccc(OCC(O)CNCCOc2ccc(C(=O)NCc3ccccc3)c(O)c2)cc1. The van der Waals surface area contributed by atoms with Crippen molar-refractivity contribution in [2.45, 2.75) is 18.8 Å². The molecular weight excluding hydrogens is 553 g/mol. The van der Waals surface area contributed by atoms with Crippen molar-refractivity contribution >= 4 is 5.91 Å². The predicted octanol–water partition coefficient (Wildman–Crippen LogP) is 4.15.